The van der Waals surface area contributed by atoms with Gasteiger partial charge in [-0.05, 0) is 74.7 Å². The molecule has 0 unspecified atom stereocenters. The molecule has 0 aliphatic heterocycles. The quantitative estimate of drug-likeness (QED) is 0.0840. The van der Waals surface area contributed by atoms with E-state index >= 15 is 0 Å². The van der Waals surface area contributed by atoms with Crippen molar-refractivity contribution in [1.29, 1.82) is 0 Å². The van der Waals surface area contributed by atoms with E-state index in [0.717, 1.165) is 22.3 Å². The summed E-state index contributed by atoms with van der Waals surface area (Å²) in [4.78, 5) is 69.7. The number of pyridine rings is 2. The summed E-state index contributed by atoms with van der Waals surface area (Å²) in [6.07, 6.45) is 1.99. The highest BCUT2D eigenvalue weighted by atomic mass is 16.7. The number of phenolic OH excluding ortho intramolecular Hbond substituents is 1. The van der Waals surface area contributed by atoms with E-state index in [0.29, 0.717) is 33.2 Å². The van der Waals surface area contributed by atoms with Gasteiger partial charge in [-0.15, -0.1) is 0 Å². The van der Waals surface area contributed by atoms with Gasteiger partial charge in [0.05, 0.1) is 7.11 Å². The molecule has 0 aliphatic rings. The molecule has 62 heavy (non-hydrogen) atoms. The van der Waals surface area contributed by atoms with Crippen LogP contribution in [-0.4, -0.2) is 40.2 Å². The van der Waals surface area contributed by atoms with Crippen LogP contribution < -0.4 is 26.2 Å². The Morgan fingerprint density at radius 3 is 1.34 bits per heavy atom. The van der Waals surface area contributed by atoms with Crippen molar-refractivity contribution in [2.75, 3.05) is 17.7 Å². The lowest BCUT2D eigenvalue weighted by molar-refractivity contribution is 0.101. The average molecular weight is 843 g/mol. The largest absolute Gasteiger partial charge is 0.513 e. The van der Waals surface area contributed by atoms with Crippen molar-refractivity contribution >= 4 is 51.2 Å². The summed E-state index contributed by atoms with van der Waals surface area (Å²) in [5, 5.41) is 17.2. The smallest absolute Gasteiger partial charge is 0.508 e. The first-order valence-electron chi connectivity index (χ1n) is 20.4. The molecule has 0 saturated heterocycles. The number of amides is 2. The molecular weight excluding hydrogens is 785 g/mol. The van der Waals surface area contributed by atoms with Crippen LogP contribution in [0.4, 0.5) is 16.2 Å². The van der Waals surface area contributed by atoms with E-state index in [-0.39, 0.29) is 55.1 Å². The van der Waals surface area contributed by atoms with E-state index < -0.39 is 18.0 Å². The maximum Gasteiger partial charge on any atom is 0.513 e. The van der Waals surface area contributed by atoms with Crippen LogP contribution in [0, 0.1) is 0 Å². The molecule has 0 saturated carbocycles. The van der Waals surface area contributed by atoms with Crippen molar-refractivity contribution in [3.8, 4) is 11.5 Å². The van der Waals surface area contributed by atoms with Gasteiger partial charge in [0, 0.05) is 63.3 Å². The van der Waals surface area contributed by atoms with Crippen molar-refractivity contribution in [3.63, 3.8) is 0 Å². The number of aromatic nitrogens is 2. The Bertz CT molecular complexity index is 2810. The number of nitrogens with one attached hydrogen (secondary N) is 4. The summed E-state index contributed by atoms with van der Waals surface area (Å²) >= 11 is 0. The van der Waals surface area contributed by atoms with Crippen LogP contribution >= 0.6 is 0 Å². The molecule has 326 valence electrons. The van der Waals surface area contributed by atoms with Gasteiger partial charge in [-0.2, -0.15) is 0 Å². The Labute approximate surface area is 362 Å². The molecule has 6 aromatic rings. The number of phenols is 1. The third kappa shape index (κ3) is 10.2. The molecule has 2 amide bonds. The molecule has 2 heterocycles. The molecule has 5 N–H and O–H groups in total. The number of hydrogen-bond acceptors (Lipinski definition) is 8. The molecule has 0 fully saturated rings. The number of hydrogen-bond donors (Lipinski definition) is 5. The highest BCUT2D eigenvalue weighted by Gasteiger charge is 2.30. The second kappa shape index (κ2) is 17.4. The third-order valence-electron chi connectivity index (χ3n) is 10.4. The van der Waals surface area contributed by atoms with Gasteiger partial charge in [0.15, 0.2) is 0 Å². The molecule has 2 aromatic heterocycles. The second-order valence-electron chi connectivity index (χ2n) is 19.4. The molecule has 0 aliphatic carbocycles. The Balaban J connectivity index is 0.000000236. The number of aromatic hydroxyl groups is 1. The molecule has 0 spiro atoms. The number of fused-ring (bicyclic) bond motifs is 2. The Kier molecular flexibility index (Phi) is 13.0. The standard InChI is InChI=1S/C26H30N2O5.C24H28N2O3/c1-25(2,3)17-12-18(26(4,5)6)21(33-24(31)32-7)13-20(17)28-23(30)16-14-27-19-11-9-8-10-15(19)22(16)29;1-23(2,3)16-11-17(24(4,5)6)20(27)12-19(16)26-22(29)15-13-25-18-10-8-7-9-14(18)21(15)28/h8-14H,1-7H3,(H,27,29)(H,28,30);7-13,27H,1-6H3,(H,25,28)(H,26,29). The summed E-state index contributed by atoms with van der Waals surface area (Å²) in [6.45, 7) is 24.3. The number of carbonyl (C=O) groups is 3. The molecule has 0 atom stereocenters. The molecule has 0 bridgehead atoms. The van der Waals surface area contributed by atoms with Gasteiger partial charge in [-0.3, -0.25) is 19.2 Å². The monoisotopic (exact) mass is 842 g/mol. The maximum absolute atomic E-state index is 13.2. The molecule has 6 rings (SSSR count). The van der Waals surface area contributed by atoms with Crippen LogP contribution in [-0.2, 0) is 26.4 Å². The van der Waals surface area contributed by atoms with E-state index in [1.807, 2.05) is 107 Å². The summed E-state index contributed by atoms with van der Waals surface area (Å²) in [5.41, 5.74) is 3.73. The lowest BCUT2D eigenvalue weighted by Crippen LogP contribution is -2.25. The number of rotatable bonds is 5. The van der Waals surface area contributed by atoms with Crippen LogP contribution in [0.2, 0.25) is 0 Å². The molecular formula is C50H58N4O8. The van der Waals surface area contributed by atoms with Gasteiger partial charge < -0.3 is 35.2 Å². The highest BCUT2D eigenvalue weighted by molar-refractivity contribution is 6.07. The number of benzene rings is 4. The van der Waals surface area contributed by atoms with Gasteiger partial charge in [0.25, 0.3) is 11.8 Å². The van der Waals surface area contributed by atoms with Crippen molar-refractivity contribution in [1.82, 2.24) is 9.97 Å². The van der Waals surface area contributed by atoms with E-state index in [1.54, 1.807) is 48.5 Å². The fourth-order valence-electron chi connectivity index (χ4n) is 7.07. The van der Waals surface area contributed by atoms with E-state index in [1.165, 1.54) is 19.5 Å². The van der Waals surface area contributed by atoms with Crippen LogP contribution in [0.3, 0.4) is 0 Å². The summed E-state index contributed by atoms with van der Waals surface area (Å²) < 4.78 is 10.1. The van der Waals surface area contributed by atoms with Gasteiger partial charge >= 0.3 is 6.16 Å². The van der Waals surface area contributed by atoms with Crippen LogP contribution in [0.25, 0.3) is 21.8 Å². The normalized spacial score (nSPS) is 12.0. The number of carbonyl (C=O) groups excluding carboxylic acids is 3. The second-order valence-corrected chi connectivity index (χ2v) is 19.4. The SMILES string of the molecule is CC(C)(C)c1cc(C(C)(C)C)c(NC(=O)c2c[nH]c3ccccc3c2=O)cc1O.COC(=O)Oc1cc(NC(=O)c2c[nH]c3ccccc3c2=O)c(C(C)(C)C)cc1C(C)(C)C. The zero-order valence-electron chi connectivity index (χ0n) is 37.9. The first-order valence-corrected chi connectivity index (χ1v) is 20.4. The number of methoxy groups -OCH3 is 1. The number of aromatic amines is 2. The first kappa shape index (κ1) is 46.4. The van der Waals surface area contributed by atoms with E-state index in [4.69, 9.17) is 4.74 Å². The molecule has 12 nitrogen and oxygen atoms in total. The van der Waals surface area contributed by atoms with Crippen molar-refractivity contribution in [2.45, 2.75) is 105 Å². The Hall–Kier alpha value is -6.69. The zero-order chi connectivity index (χ0) is 46.1. The van der Waals surface area contributed by atoms with Crippen LogP contribution in [0.1, 0.15) is 126 Å². The summed E-state index contributed by atoms with van der Waals surface area (Å²) in [5.74, 6) is -0.663. The van der Waals surface area contributed by atoms with Crippen molar-refractivity contribution in [3.05, 3.63) is 139 Å². The third-order valence-corrected chi connectivity index (χ3v) is 10.4. The number of anilines is 2. The number of para-hydroxylation sites is 2. The van der Waals surface area contributed by atoms with Crippen LogP contribution in [0.15, 0.2) is 94.8 Å². The molecule has 0 radical (unpaired) electrons. The van der Waals surface area contributed by atoms with E-state index in [2.05, 4.69) is 25.3 Å². The van der Waals surface area contributed by atoms with Crippen molar-refractivity contribution in [2.24, 2.45) is 0 Å². The fraction of sp³-hybridized carbons (Fsp3) is 0.340. The predicted molar refractivity (Wildman–Crippen MR) is 247 cm³/mol. The van der Waals surface area contributed by atoms with Crippen molar-refractivity contribution < 1.29 is 29.0 Å². The predicted octanol–water partition coefficient (Wildman–Crippen LogP) is 10.6. The Morgan fingerprint density at radius 2 is 0.935 bits per heavy atom. The van der Waals surface area contributed by atoms with Gasteiger partial charge in [-0.25, -0.2) is 4.79 Å². The highest BCUT2D eigenvalue weighted by Crippen LogP contribution is 2.41. The lowest BCUT2D eigenvalue weighted by Gasteiger charge is -2.29. The fourth-order valence-corrected chi connectivity index (χ4v) is 7.07. The van der Waals surface area contributed by atoms with Crippen LogP contribution in [0.5, 0.6) is 11.5 Å². The van der Waals surface area contributed by atoms with E-state index in [9.17, 15) is 29.1 Å². The van der Waals surface area contributed by atoms with Gasteiger partial charge in [0.2, 0.25) is 10.9 Å². The van der Waals surface area contributed by atoms with Gasteiger partial charge in [-0.1, -0.05) is 107 Å². The average Bonchev–Trinajstić information content (AvgIpc) is 3.16. The van der Waals surface area contributed by atoms with Gasteiger partial charge in [0.1, 0.15) is 22.6 Å². The maximum atomic E-state index is 13.2. The zero-order valence-corrected chi connectivity index (χ0v) is 37.9. The number of ether oxygens (including phenoxy) is 2. The minimum atomic E-state index is -0.854. The summed E-state index contributed by atoms with van der Waals surface area (Å²) in [7, 11) is 1.23. The minimum absolute atomic E-state index is 0.0103. The first-order chi connectivity index (χ1) is 28.7. The molecule has 12 heteroatoms. The summed E-state index contributed by atoms with van der Waals surface area (Å²) in [6, 6.07) is 21.1. The number of H-pyrrole nitrogens is 2. The minimum Gasteiger partial charge on any atom is -0.508 e. The topological polar surface area (TPSA) is 180 Å². The lowest BCUT2D eigenvalue weighted by atomic mass is 9.79. The Morgan fingerprint density at radius 1 is 0.548 bits per heavy atom. The molecule has 4 aromatic carbocycles.